The molecule has 110 valence electrons. The normalized spacial score (nSPS) is 16.0. The Balaban J connectivity index is 5.04. The van der Waals surface area contributed by atoms with E-state index in [-0.39, 0.29) is 6.42 Å². The first kappa shape index (κ1) is 18.4. The van der Waals surface area contributed by atoms with Gasteiger partial charge in [0, 0.05) is 0 Å². The zero-order valence-electron chi connectivity index (χ0n) is 9.53. The van der Waals surface area contributed by atoms with Crippen molar-refractivity contribution in [3.8, 4) is 0 Å². The molecule has 6 N–H and O–H groups in total. The largest absolute Gasteiger partial charge is 0.340 e. The van der Waals surface area contributed by atoms with E-state index < -0.39 is 46.7 Å². The lowest BCUT2D eigenvalue weighted by atomic mass is 10.1. The van der Waals surface area contributed by atoms with Gasteiger partial charge in [0.05, 0.1) is 6.16 Å². The van der Waals surface area contributed by atoms with E-state index in [0.29, 0.717) is 0 Å². The summed E-state index contributed by atoms with van der Waals surface area (Å²) in [6, 6.07) is 0. The minimum Gasteiger partial charge on any atom is -0.324 e. The molecule has 0 aliphatic heterocycles. The van der Waals surface area contributed by atoms with Gasteiger partial charge < -0.3 is 29.4 Å². The van der Waals surface area contributed by atoms with E-state index in [9.17, 15) is 13.7 Å². The van der Waals surface area contributed by atoms with Crippen LogP contribution in [0.2, 0.25) is 0 Å². The van der Waals surface area contributed by atoms with Crippen molar-refractivity contribution < 1.29 is 43.1 Å². The van der Waals surface area contributed by atoms with Crippen molar-refractivity contribution >= 4 is 22.8 Å². The quantitative estimate of drug-likeness (QED) is 0.359. The molecule has 9 nitrogen and oxygen atoms in total. The molecule has 0 aromatic carbocycles. The third-order valence-electron chi connectivity index (χ3n) is 2.39. The van der Waals surface area contributed by atoms with E-state index in [1.54, 1.807) is 0 Å². The molecule has 0 saturated heterocycles. The highest BCUT2D eigenvalue weighted by molar-refractivity contribution is 7.70. The molecular formula is C6H17O9P3. The van der Waals surface area contributed by atoms with Gasteiger partial charge in [0.1, 0.15) is 0 Å². The van der Waals surface area contributed by atoms with Crippen molar-refractivity contribution in [3.05, 3.63) is 0 Å². The lowest BCUT2D eigenvalue weighted by Gasteiger charge is -2.24. The smallest absolute Gasteiger partial charge is 0.324 e. The average Bonchev–Trinajstić information content (AvgIpc) is 2.05. The number of hydrogen-bond acceptors (Lipinski definition) is 3. The lowest BCUT2D eigenvalue weighted by Crippen LogP contribution is -2.17. The van der Waals surface area contributed by atoms with Crippen molar-refractivity contribution in [2.75, 3.05) is 6.16 Å². The maximum atomic E-state index is 11.0. The fourth-order valence-corrected chi connectivity index (χ4v) is 5.27. The van der Waals surface area contributed by atoms with E-state index in [1.807, 2.05) is 0 Å². The molecule has 0 radical (unpaired) electrons. The monoisotopic (exact) mass is 326 g/mol. The van der Waals surface area contributed by atoms with E-state index in [1.165, 1.54) is 6.92 Å². The van der Waals surface area contributed by atoms with Crippen LogP contribution in [0.25, 0.3) is 0 Å². The maximum absolute atomic E-state index is 11.0. The molecule has 12 heteroatoms. The van der Waals surface area contributed by atoms with E-state index in [2.05, 4.69) is 0 Å². The predicted octanol–water partition coefficient (Wildman–Crippen LogP) is 0.262. The van der Waals surface area contributed by atoms with E-state index in [0.717, 1.165) is 0 Å². The minimum absolute atomic E-state index is 0.140. The summed E-state index contributed by atoms with van der Waals surface area (Å²) in [5.41, 5.74) is 0. The third-order valence-corrected chi connectivity index (χ3v) is 7.17. The summed E-state index contributed by atoms with van der Waals surface area (Å²) >= 11 is 0. The Morgan fingerprint density at radius 2 is 1.28 bits per heavy atom. The molecule has 0 fully saturated rings. The van der Waals surface area contributed by atoms with Gasteiger partial charge in [-0.05, 0) is 12.3 Å². The molecule has 0 aliphatic carbocycles. The minimum atomic E-state index is -5.05. The summed E-state index contributed by atoms with van der Waals surface area (Å²) in [6.45, 7) is 1.51. The standard InChI is InChI=1S/C6H17O9P3/c1-2-5(4-16(7,8)9)3-6(17(10,11)12)18(13,14)15/h5-6H,2-4H2,1H3,(H2,7,8,9)(H2,10,11,12)(H2,13,14,15). The first-order valence-electron chi connectivity index (χ1n) is 4.92. The van der Waals surface area contributed by atoms with E-state index in [4.69, 9.17) is 29.4 Å². The van der Waals surface area contributed by atoms with Gasteiger partial charge in [-0.25, -0.2) is 0 Å². The topological polar surface area (TPSA) is 173 Å². The average molecular weight is 326 g/mol. The Morgan fingerprint density at radius 3 is 1.50 bits per heavy atom. The van der Waals surface area contributed by atoms with Gasteiger partial charge in [-0.15, -0.1) is 0 Å². The molecule has 0 aromatic heterocycles. The van der Waals surface area contributed by atoms with Crippen LogP contribution in [0, 0.1) is 5.92 Å². The van der Waals surface area contributed by atoms with Crippen LogP contribution in [0.4, 0.5) is 0 Å². The first-order valence-corrected chi connectivity index (χ1v) is 10.1. The van der Waals surface area contributed by atoms with Crippen LogP contribution < -0.4 is 0 Å². The molecule has 1 unspecified atom stereocenters. The summed E-state index contributed by atoms with van der Waals surface area (Å²) in [6.07, 6.45) is -1.17. The van der Waals surface area contributed by atoms with Gasteiger partial charge >= 0.3 is 22.8 Å². The molecular weight excluding hydrogens is 309 g/mol. The summed E-state index contributed by atoms with van der Waals surface area (Å²) < 4.78 is 32.8. The van der Waals surface area contributed by atoms with Gasteiger partial charge in [0.2, 0.25) is 0 Å². The highest BCUT2D eigenvalue weighted by atomic mass is 31.2. The maximum Gasteiger partial charge on any atom is 0.340 e. The summed E-state index contributed by atoms with van der Waals surface area (Å²) in [5, 5.41) is -2.22. The Hall–Kier alpha value is 0.450. The van der Waals surface area contributed by atoms with Crippen LogP contribution in [0.5, 0.6) is 0 Å². The molecule has 0 amide bonds. The van der Waals surface area contributed by atoms with Crippen molar-refractivity contribution in [1.82, 2.24) is 0 Å². The molecule has 0 aliphatic rings. The van der Waals surface area contributed by atoms with Gasteiger partial charge in [-0.2, -0.15) is 0 Å². The first-order chi connectivity index (χ1) is 7.77. The fraction of sp³-hybridized carbons (Fsp3) is 1.00. The zero-order chi connectivity index (χ0) is 14.8. The summed E-state index contributed by atoms with van der Waals surface area (Å²) in [4.78, 5) is 53.0. The molecule has 1 atom stereocenters. The van der Waals surface area contributed by atoms with Gasteiger partial charge in [-0.3, -0.25) is 13.7 Å². The predicted molar refractivity (Wildman–Crippen MR) is 63.2 cm³/mol. The molecule has 0 rings (SSSR count). The molecule has 0 saturated carbocycles. The highest BCUT2D eigenvalue weighted by Crippen LogP contribution is 2.62. The SMILES string of the molecule is CCC(CC(P(=O)(O)O)P(=O)(O)O)CP(=O)(O)O. The fourth-order valence-electron chi connectivity index (χ4n) is 1.48. The second kappa shape index (κ2) is 6.27. The molecule has 18 heavy (non-hydrogen) atoms. The molecule has 0 spiro atoms. The molecule has 0 heterocycles. The van der Waals surface area contributed by atoms with Crippen LogP contribution >= 0.6 is 22.8 Å². The van der Waals surface area contributed by atoms with Gasteiger partial charge in [0.25, 0.3) is 0 Å². The second-order valence-corrected chi connectivity index (χ2v) is 9.72. The van der Waals surface area contributed by atoms with Crippen LogP contribution in [-0.2, 0) is 13.7 Å². The third kappa shape index (κ3) is 7.14. The zero-order valence-corrected chi connectivity index (χ0v) is 12.2. The van der Waals surface area contributed by atoms with Crippen molar-refractivity contribution in [1.29, 1.82) is 0 Å². The molecule has 0 aromatic rings. The number of hydrogen-bond donors (Lipinski definition) is 6. The van der Waals surface area contributed by atoms with Crippen molar-refractivity contribution in [3.63, 3.8) is 0 Å². The van der Waals surface area contributed by atoms with Crippen molar-refractivity contribution in [2.45, 2.75) is 25.2 Å². The van der Waals surface area contributed by atoms with Crippen LogP contribution in [0.15, 0.2) is 0 Å². The van der Waals surface area contributed by atoms with Crippen LogP contribution in [0.1, 0.15) is 19.8 Å². The summed E-state index contributed by atoms with van der Waals surface area (Å²) in [5.74, 6) is -0.879. The Kier molecular flexibility index (Phi) is 6.42. The number of rotatable bonds is 7. The Morgan fingerprint density at radius 1 is 0.889 bits per heavy atom. The lowest BCUT2D eigenvalue weighted by molar-refractivity contribution is 0.318. The summed E-state index contributed by atoms with van der Waals surface area (Å²) in [7, 11) is -14.5. The van der Waals surface area contributed by atoms with E-state index >= 15 is 0 Å². The van der Waals surface area contributed by atoms with Gasteiger partial charge in [0.15, 0.2) is 5.40 Å². The highest BCUT2D eigenvalue weighted by Gasteiger charge is 2.44. The molecule has 0 bridgehead atoms. The van der Waals surface area contributed by atoms with Crippen LogP contribution in [0.3, 0.4) is 0 Å². The van der Waals surface area contributed by atoms with Gasteiger partial charge in [-0.1, -0.05) is 13.3 Å². The Bertz CT molecular complexity index is 381. The van der Waals surface area contributed by atoms with Crippen LogP contribution in [-0.4, -0.2) is 40.9 Å². The Labute approximate surface area is 104 Å². The second-order valence-electron chi connectivity index (χ2n) is 4.02. The van der Waals surface area contributed by atoms with Crippen molar-refractivity contribution in [2.24, 2.45) is 5.92 Å².